The minimum absolute atomic E-state index is 0.106. The Hall–Kier alpha value is -2.42. The summed E-state index contributed by atoms with van der Waals surface area (Å²) < 4.78 is 31.7. The molecule has 2 heterocycles. The molecule has 1 amide bonds. The maximum absolute atomic E-state index is 13.3. The van der Waals surface area contributed by atoms with E-state index in [9.17, 15) is 13.6 Å². The molecule has 0 saturated heterocycles. The number of fused-ring (bicyclic) bond motifs is 1. The van der Waals surface area contributed by atoms with Gasteiger partial charge >= 0.3 is 0 Å². The molecule has 0 spiro atoms. The molecular weight excluding hydrogens is 386 g/mol. The lowest BCUT2D eigenvalue weighted by atomic mass is 9.86. The molecule has 1 saturated carbocycles. The van der Waals surface area contributed by atoms with Crippen molar-refractivity contribution in [1.29, 1.82) is 0 Å². The van der Waals surface area contributed by atoms with Gasteiger partial charge in [-0.25, -0.2) is 8.78 Å². The molecule has 0 unspecified atom stereocenters. The molecule has 0 radical (unpaired) electrons. The summed E-state index contributed by atoms with van der Waals surface area (Å²) in [6, 6.07) is 7.91. The predicted octanol–water partition coefficient (Wildman–Crippen LogP) is 4.25. The van der Waals surface area contributed by atoms with Crippen LogP contribution in [-0.4, -0.2) is 32.7 Å². The molecule has 0 atom stereocenters. The molecule has 1 aliphatic carbocycles. The molecule has 2 aromatic heterocycles. The number of halogens is 2. The van der Waals surface area contributed by atoms with E-state index >= 15 is 0 Å². The zero-order chi connectivity index (χ0) is 19.6. The number of alkyl halides is 2. The first kappa shape index (κ1) is 18.9. The summed E-state index contributed by atoms with van der Waals surface area (Å²) >= 11 is 1.45. The van der Waals surface area contributed by atoms with Crippen LogP contribution >= 0.6 is 11.8 Å². The molecule has 1 aromatic carbocycles. The van der Waals surface area contributed by atoms with Crippen LogP contribution in [0.2, 0.25) is 0 Å². The van der Waals surface area contributed by atoms with Gasteiger partial charge in [-0.05, 0) is 18.9 Å². The zero-order valence-corrected chi connectivity index (χ0v) is 15.9. The van der Waals surface area contributed by atoms with Gasteiger partial charge in [0.25, 0.3) is 0 Å². The number of carbonyl (C=O) groups is 1. The van der Waals surface area contributed by atoms with Gasteiger partial charge in [0.05, 0.1) is 12.3 Å². The highest BCUT2D eigenvalue weighted by molar-refractivity contribution is 8.00. The molecule has 2 N–H and O–H groups in total. The number of para-hydroxylation sites is 1. The summed E-state index contributed by atoms with van der Waals surface area (Å²) in [4.78, 5) is 20.6. The lowest BCUT2D eigenvalue weighted by molar-refractivity contribution is -0.118. The second kappa shape index (κ2) is 7.90. The van der Waals surface area contributed by atoms with Crippen LogP contribution in [0.15, 0.2) is 39.9 Å². The number of amides is 1. The monoisotopic (exact) mass is 406 g/mol. The fourth-order valence-corrected chi connectivity index (χ4v) is 4.20. The van der Waals surface area contributed by atoms with Crippen molar-refractivity contribution in [3.05, 3.63) is 42.2 Å². The molecular formula is C19H20F2N4O2S. The number of H-pyrrole nitrogens is 1. The first-order chi connectivity index (χ1) is 13.5. The van der Waals surface area contributed by atoms with Crippen LogP contribution in [0.25, 0.3) is 10.9 Å². The Balaban J connectivity index is 1.26. The average Bonchev–Trinajstić information content (AvgIpc) is 3.32. The van der Waals surface area contributed by atoms with Gasteiger partial charge in [-0.2, -0.15) is 4.98 Å². The molecule has 28 heavy (non-hydrogen) atoms. The van der Waals surface area contributed by atoms with Crippen LogP contribution in [0.4, 0.5) is 8.78 Å². The van der Waals surface area contributed by atoms with Crippen molar-refractivity contribution >= 4 is 28.6 Å². The van der Waals surface area contributed by atoms with Gasteiger partial charge in [0, 0.05) is 40.8 Å². The first-order valence-electron chi connectivity index (χ1n) is 9.16. The average molecular weight is 406 g/mol. The molecule has 0 aliphatic heterocycles. The Labute approximate surface area is 164 Å². The highest BCUT2D eigenvalue weighted by atomic mass is 32.2. The Morgan fingerprint density at radius 2 is 2.11 bits per heavy atom. The van der Waals surface area contributed by atoms with Crippen molar-refractivity contribution < 1.29 is 18.1 Å². The predicted molar refractivity (Wildman–Crippen MR) is 101 cm³/mol. The number of hydrogen-bond acceptors (Lipinski definition) is 5. The van der Waals surface area contributed by atoms with Crippen LogP contribution in [0.1, 0.15) is 43.3 Å². The number of hydrogen-bond donors (Lipinski definition) is 2. The van der Waals surface area contributed by atoms with Crippen molar-refractivity contribution in [3.63, 3.8) is 0 Å². The third-order valence-electron chi connectivity index (χ3n) is 4.91. The van der Waals surface area contributed by atoms with E-state index in [0.717, 1.165) is 15.8 Å². The van der Waals surface area contributed by atoms with Gasteiger partial charge in [-0.1, -0.05) is 23.4 Å². The molecule has 9 heteroatoms. The second-order valence-corrected chi connectivity index (χ2v) is 7.96. The summed E-state index contributed by atoms with van der Waals surface area (Å²) in [6.07, 6.45) is 2.28. The highest BCUT2D eigenvalue weighted by Gasteiger charge is 2.36. The number of rotatable bonds is 6. The number of thioether (sulfide) groups is 1. The third kappa shape index (κ3) is 4.35. The van der Waals surface area contributed by atoms with E-state index in [0.29, 0.717) is 18.7 Å². The van der Waals surface area contributed by atoms with Crippen molar-refractivity contribution in [2.75, 3.05) is 5.75 Å². The maximum Gasteiger partial charge on any atom is 0.248 e. The van der Waals surface area contributed by atoms with Crippen LogP contribution in [0.3, 0.4) is 0 Å². The van der Waals surface area contributed by atoms with Gasteiger partial charge in [-0.3, -0.25) is 4.79 Å². The summed E-state index contributed by atoms with van der Waals surface area (Å²) in [6.45, 7) is 0.128. The first-order valence-corrected chi connectivity index (χ1v) is 10.1. The number of carbonyl (C=O) groups excluding carboxylic acids is 1. The molecule has 1 aliphatic rings. The van der Waals surface area contributed by atoms with Gasteiger partial charge in [0.1, 0.15) is 0 Å². The van der Waals surface area contributed by atoms with Crippen molar-refractivity contribution in [2.45, 2.75) is 49.0 Å². The Kier molecular flexibility index (Phi) is 5.34. The van der Waals surface area contributed by atoms with Crippen molar-refractivity contribution in [1.82, 2.24) is 20.4 Å². The molecule has 0 bridgehead atoms. The highest BCUT2D eigenvalue weighted by Crippen LogP contribution is 2.39. The number of nitrogens with one attached hydrogen (secondary N) is 2. The molecule has 148 valence electrons. The number of benzene rings is 1. The largest absolute Gasteiger partial charge is 0.360 e. The van der Waals surface area contributed by atoms with E-state index < -0.39 is 5.92 Å². The van der Waals surface area contributed by atoms with Crippen molar-refractivity contribution in [3.8, 4) is 0 Å². The third-order valence-corrected chi connectivity index (χ3v) is 5.97. The molecule has 1 fully saturated rings. The summed E-state index contributed by atoms with van der Waals surface area (Å²) in [5, 5.41) is 7.73. The number of nitrogens with zero attached hydrogens (tertiary/aromatic N) is 2. The normalized spacial score (nSPS) is 17.1. The minimum atomic E-state index is -2.58. The Morgan fingerprint density at radius 1 is 1.32 bits per heavy atom. The fraction of sp³-hybridized carbons (Fsp3) is 0.421. The van der Waals surface area contributed by atoms with Crippen LogP contribution in [-0.2, 0) is 11.3 Å². The zero-order valence-electron chi connectivity index (χ0n) is 15.1. The van der Waals surface area contributed by atoms with E-state index in [1.807, 2.05) is 30.5 Å². The quantitative estimate of drug-likeness (QED) is 0.598. The second-order valence-electron chi connectivity index (χ2n) is 6.94. The van der Waals surface area contributed by atoms with Gasteiger partial charge in [0.2, 0.25) is 17.7 Å². The van der Waals surface area contributed by atoms with E-state index in [1.165, 1.54) is 11.8 Å². The Bertz CT molecular complexity index is 962. The topological polar surface area (TPSA) is 83.8 Å². The maximum atomic E-state index is 13.3. The summed E-state index contributed by atoms with van der Waals surface area (Å²) in [5.41, 5.74) is 1.03. The fourth-order valence-electron chi connectivity index (χ4n) is 3.34. The van der Waals surface area contributed by atoms with Crippen molar-refractivity contribution in [2.24, 2.45) is 0 Å². The Morgan fingerprint density at radius 3 is 2.93 bits per heavy atom. The van der Waals surface area contributed by atoms with E-state index in [-0.39, 0.29) is 42.9 Å². The van der Waals surface area contributed by atoms with E-state index in [2.05, 4.69) is 20.4 Å². The molecule has 4 rings (SSSR count). The van der Waals surface area contributed by atoms with E-state index in [1.54, 1.807) is 0 Å². The van der Waals surface area contributed by atoms with Gasteiger partial charge in [0.15, 0.2) is 5.82 Å². The molecule has 6 nitrogen and oxygen atoms in total. The van der Waals surface area contributed by atoms with Gasteiger partial charge < -0.3 is 14.8 Å². The van der Waals surface area contributed by atoms with Gasteiger partial charge in [-0.15, -0.1) is 11.8 Å². The molecule has 3 aromatic rings. The lowest BCUT2D eigenvalue weighted by Gasteiger charge is -2.26. The standard InChI is InChI=1S/C19H20F2N4O2S/c20-19(21)7-5-12(6-8-19)18-24-17(27-25-18)10-23-16(26)11-28-15-9-22-14-4-2-1-3-13(14)15/h1-4,9,12,22H,5-8,10-11H2,(H,23,26). The smallest absolute Gasteiger partial charge is 0.248 e. The SMILES string of the molecule is O=C(CSc1c[nH]c2ccccc12)NCc1nc(C2CCC(F)(F)CC2)no1. The van der Waals surface area contributed by atoms with Crippen LogP contribution < -0.4 is 5.32 Å². The lowest BCUT2D eigenvalue weighted by Crippen LogP contribution is -2.25. The van der Waals surface area contributed by atoms with E-state index in [4.69, 9.17) is 4.52 Å². The number of aromatic nitrogens is 3. The number of aromatic amines is 1. The van der Waals surface area contributed by atoms with Crippen LogP contribution in [0.5, 0.6) is 0 Å². The summed E-state index contributed by atoms with van der Waals surface area (Å²) in [5.74, 6) is -1.83. The summed E-state index contributed by atoms with van der Waals surface area (Å²) in [7, 11) is 0. The minimum Gasteiger partial charge on any atom is -0.360 e. The van der Waals surface area contributed by atoms with Crippen LogP contribution in [0, 0.1) is 0 Å².